The minimum atomic E-state index is -0.0690. The summed E-state index contributed by atoms with van der Waals surface area (Å²) in [4.78, 5) is 15.5. The van der Waals surface area contributed by atoms with E-state index in [1.54, 1.807) is 24.3 Å². The summed E-state index contributed by atoms with van der Waals surface area (Å²) < 4.78 is 5.29. The van der Waals surface area contributed by atoms with Crippen LogP contribution in [-0.4, -0.2) is 29.2 Å². The Balaban J connectivity index is 1.64. The fourth-order valence-electron chi connectivity index (χ4n) is 2.62. The first-order valence-electron chi connectivity index (χ1n) is 7.86. The number of hydrogen-bond acceptors (Lipinski definition) is 3. The van der Waals surface area contributed by atoms with Gasteiger partial charge in [0.1, 0.15) is 12.4 Å². The monoisotopic (exact) mass is 324 g/mol. The molecule has 0 spiro atoms. The van der Waals surface area contributed by atoms with Gasteiger partial charge in [0.15, 0.2) is 0 Å². The highest BCUT2D eigenvalue weighted by atomic mass is 16.5. The van der Waals surface area contributed by atoms with E-state index < -0.39 is 0 Å². The van der Waals surface area contributed by atoms with Gasteiger partial charge in [0.05, 0.1) is 13.0 Å². The van der Waals surface area contributed by atoms with Crippen molar-refractivity contribution in [3.63, 3.8) is 0 Å². The van der Waals surface area contributed by atoms with E-state index in [9.17, 15) is 4.79 Å². The van der Waals surface area contributed by atoms with Gasteiger partial charge in [-0.2, -0.15) is 0 Å². The molecule has 1 aromatic heterocycles. The summed E-state index contributed by atoms with van der Waals surface area (Å²) >= 11 is 0. The Kier molecular flexibility index (Phi) is 4.82. The molecule has 2 aromatic carbocycles. The number of aryl methyl sites for hydroxylation is 1. The number of aromatic nitrogens is 1. The SMILES string of the molecule is Cc1ccc2c(CC(=O)Nc3ccc(OCCO)cc3)c[nH]c2c1. The molecule has 0 bridgehead atoms. The normalized spacial score (nSPS) is 10.8. The molecule has 0 unspecified atom stereocenters. The van der Waals surface area contributed by atoms with Crippen LogP contribution < -0.4 is 10.1 Å². The van der Waals surface area contributed by atoms with Gasteiger partial charge >= 0.3 is 0 Å². The topological polar surface area (TPSA) is 74.3 Å². The Bertz CT molecular complexity index is 837. The fourth-order valence-corrected chi connectivity index (χ4v) is 2.62. The molecule has 0 fully saturated rings. The summed E-state index contributed by atoms with van der Waals surface area (Å²) in [5.41, 5.74) is 3.92. The van der Waals surface area contributed by atoms with Crippen molar-refractivity contribution in [3.8, 4) is 5.75 Å². The van der Waals surface area contributed by atoms with E-state index in [1.807, 2.05) is 25.3 Å². The summed E-state index contributed by atoms with van der Waals surface area (Å²) in [6.45, 7) is 2.27. The van der Waals surface area contributed by atoms with Crippen LogP contribution in [0.2, 0.25) is 0 Å². The number of anilines is 1. The molecule has 0 saturated heterocycles. The van der Waals surface area contributed by atoms with Gasteiger partial charge in [0.2, 0.25) is 5.91 Å². The van der Waals surface area contributed by atoms with Gasteiger partial charge in [-0.05, 0) is 48.4 Å². The lowest BCUT2D eigenvalue weighted by Gasteiger charge is -2.07. The van der Waals surface area contributed by atoms with Crippen molar-refractivity contribution in [2.45, 2.75) is 13.3 Å². The van der Waals surface area contributed by atoms with Crippen molar-refractivity contribution in [2.75, 3.05) is 18.5 Å². The van der Waals surface area contributed by atoms with Gasteiger partial charge in [-0.15, -0.1) is 0 Å². The molecule has 0 atom stereocenters. The zero-order valence-corrected chi connectivity index (χ0v) is 13.5. The first-order valence-corrected chi connectivity index (χ1v) is 7.86. The number of hydrogen-bond donors (Lipinski definition) is 3. The number of H-pyrrole nitrogens is 1. The van der Waals surface area contributed by atoms with Crippen molar-refractivity contribution < 1.29 is 14.6 Å². The van der Waals surface area contributed by atoms with Crippen LogP contribution in [0.25, 0.3) is 10.9 Å². The van der Waals surface area contributed by atoms with Crippen LogP contribution in [0.5, 0.6) is 5.75 Å². The summed E-state index contributed by atoms with van der Waals surface area (Å²) in [6, 6.07) is 13.2. The molecule has 1 amide bonds. The number of carbonyl (C=O) groups is 1. The number of aromatic amines is 1. The minimum Gasteiger partial charge on any atom is -0.491 e. The van der Waals surface area contributed by atoms with Gasteiger partial charge in [0.25, 0.3) is 0 Å². The van der Waals surface area contributed by atoms with Gasteiger partial charge in [-0.3, -0.25) is 4.79 Å². The lowest BCUT2D eigenvalue weighted by molar-refractivity contribution is -0.115. The van der Waals surface area contributed by atoms with Crippen LogP contribution in [0, 0.1) is 6.92 Å². The summed E-state index contributed by atoms with van der Waals surface area (Å²) in [6.07, 6.45) is 2.20. The molecule has 3 aromatic rings. The standard InChI is InChI=1S/C19H20N2O3/c1-13-2-7-17-14(12-20-18(17)10-13)11-19(23)21-15-3-5-16(6-4-15)24-9-8-22/h2-7,10,12,20,22H,8-9,11H2,1H3,(H,21,23). The number of benzene rings is 2. The molecule has 0 radical (unpaired) electrons. The van der Waals surface area contributed by atoms with E-state index in [0.717, 1.165) is 16.5 Å². The lowest BCUT2D eigenvalue weighted by atomic mass is 10.1. The second-order valence-corrected chi connectivity index (χ2v) is 5.68. The summed E-state index contributed by atoms with van der Waals surface area (Å²) in [7, 11) is 0. The Morgan fingerprint density at radius 3 is 2.75 bits per heavy atom. The average Bonchev–Trinajstić information content (AvgIpc) is 2.96. The van der Waals surface area contributed by atoms with E-state index in [-0.39, 0.29) is 19.1 Å². The van der Waals surface area contributed by atoms with E-state index >= 15 is 0 Å². The number of rotatable bonds is 6. The first kappa shape index (κ1) is 16.1. The van der Waals surface area contributed by atoms with Crippen molar-refractivity contribution in [3.05, 3.63) is 59.8 Å². The molecule has 3 N–H and O–H groups in total. The average molecular weight is 324 g/mol. The number of fused-ring (bicyclic) bond motifs is 1. The first-order chi connectivity index (χ1) is 11.7. The number of nitrogens with one attached hydrogen (secondary N) is 2. The molecular formula is C19H20N2O3. The van der Waals surface area contributed by atoms with Gasteiger partial charge < -0.3 is 20.1 Å². The number of amides is 1. The molecule has 0 aliphatic rings. The number of aliphatic hydroxyl groups excluding tert-OH is 1. The Morgan fingerprint density at radius 2 is 2.00 bits per heavy atom. The molecule has 5 heteroatoms. The lowest BCUT2D eigenvalue weighted by Crippen LogP contribution is -2.14. The summed E-state index contributed by atoms with van der Waals surface area (Å²) in [5, 5.41) is 12.7. The zero-order chi connectivity index (χ0) is 16.9. The fraction of sp³-hybridized carbons (Fsp3) is 0.211. The Hall–Kier alpha value is -2.79. The molecule has 5 nitrogen and oxygen atoms in total. The maximum Gasteiger partial charge on any atom is 0.228 e. The molecule has 0 saturated carbocycles. The van der Waals surface area contributed by atoms with E-state index in [2.05, 4.69) is 16.4 Å². The molecule has 1 heterocycles. The van der Waals surface area contributed by atoms with Crippen LogP contribution >= 0.6 is 0 Å². The van der Waals surface area contributed by atoms with Crippen LogP contribution in [0.4, 0.5) is 5.69 Å². The molecule has 0 aliphatic heterocycles. The number of aliphatic hydroxyl groups is 1. The van der Waals surface area contributed by atoms with Crippen LogP contribution in [0.3, 0.4) is 0 Å². The number of carbonyl (C=O) groups excluding carboxylic acids is 1. The van der Waals surface area contributed by atoms with Gasteiger partial charge in [-0.1, -0.05) is 12.1 Å². The molecule has 24 heavy (non-hydrogen) atoms. The summed E-state index contributed by atoms with van der Waals surface area (Å²) in [5.74, 6) is 0.592. The predicted octanol–water partition coefficient (Wildman–Crippen LogP) is 3.03. The Labute approximate surface area is 140 Å². The van der Waals surface area contributed by atoms with Crippen molar-refractivity contribution >= 4 is 22.5 Å². The van der Waals surface area contributed by atoms with E-state index in [1.165, 1.54) is 5.56 Å². The maximum atomic E-state index is 12.3. The maximum absolute atomic E-state index is 12.3. The molecule has 3 rings (SSSR count). The highest BCUT2D eigenvalue weighted by Gasteiger charge is 2.09. The van der Waals surface area contributed by atoms with Gasteiger partial charge in [0, 0.05) is 22.8 Å². The smallest absolute Gasteiger partial charge is 0.228 e. The van der Waals surface area contributed by atoms with Crippen LogP contribution in [0.1, 0.15) is 11.1 Å². The molecular weight excluding hydrogens is 304 g/mol. The van der Waals surface area contributed by atoms with Crippen molar-refractivity contribution in [2.24, 2.45) is 0 Å². The number of ether oxygens (including phenoxy) is 1. The highest BCUT2D eigenvalue weighted by Crippen LogP contribution is 2.21. The predicted molar refractivity (Wildman–Crippen MR) is 94.4 cm³/mol. The molecule has 124 valence electrons. The van der Waals surface area contributed by atoms with Gasteiger partial charge in [-0.25, -0.2) is 0 Å². The zero-order valence-electron chi connectivity index (χ0n) is 13.5. The third-order valence-electron chi connectivity index (χ3n) is 3.77. The van der Waals surface area contributed by atoms with Crippen molar-refractivity contribution in [1.29, 1.82) is 0 Å². The van der Waals surface area contributed by atoms with Crippen LogP contribution in [0.15, 0.2) is 48.7 Å². The second-order valence-electron chi connectivity index (χ2n) is 5.68. The third-order valence-corrected chi connectivity index (χ3v) is 3.77. The second kappa shape index (κ2) is 7.19. The minimum absolute atomic E-state index is 0.0252. The Morgan fingerprint density at radius 1 is 1.21 bits per heavy atom. The molecule has 0 aliphatic carbocycles. The third kappa shape index (κ3) is 3.75. The van der Waals surface area contributed by atoms with E-state index in [0.29, 0.717) is 17.9 Å². The van der Waals surface area contributed by atoms with E-state index in [4.69, 9.17) is 9.84 Å². The van der Waals surface area contributed by atoms with Crippen molar-refractivity contribution in [1.82, 2.24) is 4.98 Å². The highest BCUT2D eigenvalue weighted by molar-refractivity contribution is 5.95. The quantitative estimate of drug-likeness (QED) is 0.652. The largest absolute Gasteiger partial charge is 0.491 e. The van der Waals surface area contributed by atoms with Crippen LogP contribution in [-0.2, 0) is 11.2 Å².